The zero-order valence-corrected chi connectivity index (χ0v) is 45.0. The van der Waals surface area contributed by atoms with Crippen LogP contribution in [-0.2, 0) is 21.7 Å². The molecule has 0 saturated heterocycles. The Balaban J connectivity index is 0.987. The van der Waals surface area contributed by atoms with Crippen molar-refractivity contribution in [1.82, 2.24) is 9.55 Å². The Morgan fingerprint density at radius 2 is 1.13 bits per heavy atom. The lowest BCUT2D eigenvalue weighted by molar-refractivity contribution is 0.332. The minimum absolute atomic E-state index is 0.0256. The van der Waals surface area contributed by atoms with E-state index in [0.717, 1.165) is 46.7 Å². The number of hydrogen-bond acceptors (Lipinski definition) is 4. The van der Waals surface area contributed by atoms with Crippen molar-refractivity contribution in [3.63, 3.8) is 0 Å². The van der Waals surface area contributed by atoms with Gasteiger partial charge in [-0.25, -0.2) is 4.98 Å². The monoisotopic (exact) mass is 985 g/mol. The average Bonchev–Trinajstić information content (AvgIpc) is 4.01. The number of pyridine rings is 1. The molecule has 0 amide bonds. The van der Waals surface area contributed by atoms with Gasteiger partial charge in [-0.05, 0) is 146 Å². The summed E-state index contributed by atoms with van der Waals surface area (Å²) in [6.07, 6.45) is 4.05. The van der Waals surface area contributed by atoms with Crippen molar-refractivity contribution in [3.05, 3.63) is 216 Å². The van der Waals surface area contributed by atoms with Gasteiger partial charge in [-0.15, -0.1) is 0 Å². The summed E-state index contributed by atoms with van der Waals surface area (Å²) >= 11 is 0. The van der Waals surface area contributed by atoms with E-state index in [4.69, 9.17) is 15.2 Å². The van der Waals surface area contributed by atoms with Gasteiger partial charge in [0.15, 0.2) is 0 Å². The second-order valence-corrected chi connectivity index (χ2v) is 24.1. The van der Waals surface area contributed by atoms with Gasteiger partial charge >= 0.3 is 0 Å². The van der Waals surface area contributed by atoms with Gasteiger partial charge in [-0.3, -0.25) is 4.57 Å². The minimum Gasteiger partial charge on any atom is -0.457 e. The Morgan fingerprint density at radius 3 is 1.87 bits per heavy atom. The Kier molecular flexibility index (Phi) is 10.4. The highest BCUT2D eigenvalue weighted by Gasteiger charge is 2.38. The summed E-state index contributed by atoms with van der Waals surface area (Å²) in [6.45, 7) is 23.5. The van der Waals surface area contributed by atoms with Crippen molar-refractivity contribution in [1.29, 1.82) is 0 Å². The number of aromatic nitrogens is 2. The summed E-state index contributed by atoms with van der Waals surface area (Å²) < 4.78 is 44.2. The van der Waals surface area contributed by atoms with Crippen LogP contribution in [0.5, 0.6) is 11.5 Å². The van der Waals surface area contributed by atoms with Crippen LogP contribution >= 0.6 is 0 Å². The SMILES string of the molecule is [2H]c1c([2H])c([2H])c2c(c1[2H])c1ccc(Oc3cccc(N4CN(c5c(-c6ccc(-c7ccccc7)cc6)cc(C(C)(C)C)cc5-c5ccc6c(c5)C(C)(C)CCC6(C)C)c5ccccc54)c3)cc1n2-c1cc(C(C)(C)C)ccn1. The van der Waals surface area contributed by atoms with E-state index in [9.17, 15) is 0 Å². The lowest BCUT2D eigenvalue weighted by Gasteiger charge is -2.42. The molecule has 0 fully saturated rings. The number of hydrogen-bond donors (Lipinski definition) is 0. The molecule has 1 aliphatic heterocycles. The largest absolute Gasteiger partial charge is 0.457 e. The van der Waals surface area contributed by atoms with Gasteiger partial charge in [0.25, 0.3) is 0 Å². The number of ether oxygens (including phenoxy) is 1. The van der Waals surface area contributed by atoms with E-state index in [-0.39, 0.29) is 45.8 Å². The first-order chi connectivity index (χ1) is 37.6. The van der Waals surface area contributed by atoms with Crippen LogP contribution in [0.2, 0.25) is 0 Å². The highest BCUT2D eigenvalue weighted by atomic mass is 16.5. The molecule has 10 aromatic rings. The Hall–Kier alpha value is -7.89. The van der Waals surface area contributed by atoms with Crippen molar-refractivity contribution >= 4 is 44.6 Å². The molecule has 2 aromatic heterocycles. The lowest BCUT2D eigenvalue weighted by atomic mass is 9.63. The standard InChI is InChI=1S/C70H68N4O/c1-67(2,3)50-35-38-71-65(42-50)74-61-24-15-14-23-55(61)56-33-32-54(44-64(56)74)75-53-22-18-21-52(43-53)72-45-73(63-26-17-16-25-62(63)72)66-57(48-29-27-47(28-30-48)46-19-12-11-13-20-46)40-51(68(4,5)6)41-58(66)49-31-34-59-60(39-49)70(9,10)37-36-69(59,7)8/h11-35,38-44H,36-37,45H2,1-10H3/i14D,15D,23D,24D. The van der Waals surface area contributed by atoms with Crippen molar-refractivity contribution in [2.75, 3.05) is 16.5 Å². The zero-order chi connectivity index (χ0) is 55.5. The van der Waals surface area contributed by atoms with Crippen molar-refractivity contribution in [2.45, 2.75) is 104 Å². The van der Waals surface area contributed by atoms with E-state index in [2.05, 4.69) is 200 Å². The second-order valence-electron chi connectivity index (χ2n) is 24.1. The molecule has 2 aliphatic rings. The van der Waals surface area contributed by atoms with Crippen LogP contribution in [0, 0.1) is 0 Å². The first kappa shape index (κ1) is 43.5. The van der Waals surface area contributed by atoms with Gasteiger partial charge in [-0.1, -0.05) is 178 Å². The molecule has 374 valence electrons. The fraction of sp³-hybridized carbons (Fsp3) is 0.243. The predicted molar refractivity (Wildman–Crippen MR) is 316 cm³/mol. The number of benzene rings is 8. The Bertz CT molecular complexity index is 4050. The van der Waals surface area contributed by atoms with E-state index in [1.165, 1.54) is 44.5 Å². The maximum Gasteiger partial charge on any atom is 0.137 e. The molecule has 0 saturated carbocycles. The van der Waals surface area contributed by atoms with Crippen LogP contribution in [0.15, 0.2) is 194 Å². The van der Waals surface area contributed by atoms with Gasteiger partial charge in [0.05, 0.1) is 33.6 Å². The lowest BCUT2D eigenvalue weighted by Crippen LogP contribution is -2.33. The van der Waals surface area contributed by atoms with Gasteiger partial charge < -0.3 is 14.5 Å². The van der Waals surface area contributed by atoms with E-state index < -0.39 is 0 Å². The highest BCUT2D eigenvalue weighted by Crippen LogP contribution is 2.54. The number of para-hydroxylation sites is 3. The van der Waals surface area contributed by atoms with Crippen LogP contribution in [0.3, 0.4) is 0 Å². The quantitative estimate of drug-likeness (QED) is 0.152. The zero-order valence-electron chi connectivity index (χ0n) is 49.0. The summed E-state index contributed by atoms with van der Waals surface area (Å²) in [5, 5.41) is 1.13. The Labute approximate surface area is 449 Å². The first-order valence-electron chi connectivity index (χ1n) is 28.5. The molecule has 0 bridgehead atoms. The minimum atomic E-state index is -0.289. The van der Waals surface area contributed by atoms with E-state index in [1.807, 2.05) is 47.0 Å². The third-order valence-electron chi connectivity index (χ3n) is 16.0. The molecule has 3 heterocycles. The topological polar surface area (TPSA) is 33.5 Å². The summed E-state index contributed by atoms with van der Waals surface area (Å²) in [6, 6.07) is 57.8. The molecule has 1 aliphatic carbocycles. The summed E-state index contributed by atoms with van der Waals surface area (Å²) in [5.74, 6) is 1.76. The molecule has 12 rings (SSSR count). The number of anilines is 4. The molecule has 0 spiro atoms. The second kappa shape index (κ2) is 17.9. The summed E-state index contributed by atoms with van der Waals surface area (Å²) in [7, 11) is 0. The molecule has 5 nitrogen and oxygen atoms in total. The molecule has 75 heavy (non-hydrogen) atoms. The summed E-state index contributed by atoms with van der Waals surface area (Å²) in [5.41, 5.74) is 17.4. The van der Waals surface area contributed by atoms with E-state index in [0.29, 0.717) is 45.8 Å². The third kappa shape index (κ3) is 8.66. The number of rotatable bonds is 8. The van der Waals surface area contributed by atoms with Crippen LogP contribution in [-0.4, -0.2) is 16.2 Å². The fourth-order valence-corrected chi connectivity index (χ4v) is 11.5. The van der Waals surface area contributed by atoms with E-state index in [1.54, 1.807) is 6.20 Å². The predicted octanol–water partition coefficient (Wildman–Crippen LogP) is 19.2. The van der Waals surface area contributed by atoms with Crippen LogP contribution in [0.25, 0.3) is 61.0 Å². The average molecular weight is 985 g/mol. The maximum atomic E-state index is 9.15. The van der Waals surface area contributed by atoms with E-state index >= 15 is 0 Å². The molecular weight excluding hydrogens is 913 g/mol. The molecule has 0 unspecified atom stereocenters. The van der Waals surface area contributed by atoms with Crippen molar-refractivity contribution < 1.29 is 10.2 Å². The molecular formula is C70H68N4O. The van der Waals surface area contributed by atoms with Crippen molar-refractivity contribution in [3.8, 4) is 50.7 Å². The molecule has 0 atom stereocenters. The van der Waals surface area contributed by atoms with Crippen LogP contribution < -0.4 is 14.5 Å². The van der Waals surface area contributed by atoms with Crippen molar-refractivity contribution in [2.24, 2.45) is 0 Å². The van der Waals surface area contributed by atoms with Gasteiger partial charge in [0.2, 0.25) is 0 Å². The molecule has 5 heteroatoms. The van der Waals surface area contributed by atoms with Crippen LogP contribution in [0.1, 0.15) is 110 Å². The molecule has 0 N–H and O–H groups in total. The Morgan fingerprint density at radius 1 is 0.507 bits per heavy atom. The smallest absolute Gasteiger partial charge is 0.137 e. The fourth-order valence-electron chi connectivity index (χ4n) is 11.5. The highest BCUT2D eigenvalue weighted by molar-refractivity contribution is 6.09. The number of fused-ring (bicyclic) bond motifs is 5. The third-order valence-corrected chi connectivity index (χ3v) is 16.0. The van der Waals surface area contributed by atoms with Crippen LogP contribution in [0.4, 0.5) is 22.7 Å². The normalized spacial score (nSPS) is 15.8. The van der Waals surface area contributed by atoms with Gasteiger partial charge in [0, 0.05) is 45.9 Å². The van der Waals surface area contributed by atoms with Gasteiger partial charge in [-0.2, -0.15) is 0 Å². The number of nitrogens with zero attached hydrogens (tertiary/aromatic N) is 4. The molecule has 0 radical (unpaired) electrons. The maximum absolute atomic E-state index is 9.15. The summed E-state index contributed by atoms with van der Waals surface area (Å²) in [4.78, 5) is 9.69. The molecule has 8 aromatic carbocycles. The van der Waals surface area contributed by atoms with Gasteiger partial charge in [0.1, 0.15) is 24.0 Å². The first-order valence-corrected chi connectivity index (χ1v) is 26.5.